The van der Waals surface area contributed by atoms with Crippen LogP contribution in [0.1, 0.15) is 16.8 Å². The lowest BCUT2D eigenvalue weighted by atomic mass is 10.1. The van der Waals surface area contributed by atoms with Gasteiger partial charge in [0.25, 0.3) is 0 Å². The van der Waals surface area contributed by atoms with Gasteiger partial charge in [-0.05, 0) is 18.6 Å². The summed E-state index contributed by atoms with van der Waals surface area (Å²) < 4.78 is 0. The largest absolute Gasteiger partial charge is 0.366 e. The summed E-state index contributed by atoms with van der Waals surface area (Å²) in [6.07, 6.45) is 0. The molecular weight excluding hydrogens is 256 g/mol. The molecule has 0 aliphatic rings. The number of rotatable bonds is 4. The molecule has 2 aromatic rings. The first-order chi connectivity index (χ1) is 9.60. The Bertz CT molecular complexity index is 692. The van der Waals surface area contributed by atoms with E-state index in [-0.39, 0.29) is 11.4 Å². The fourth-order valence-electron chi connectivity index (χ4n) is 1.79. The molecule has 6 heteroatoms. The Morgan fingerprint density at radius 1 is 1.40 bits per heavy atom. The molecule has 1 heterocycles. The molecule has 1 N–H and O–H groups in total. The standard InChI is InChI=1S/C14H12N4O2/c1-10-3-2-4-11(7-10)9-16-14-6-5-13(18(19)20)12(8-15)17-14/h2-7H,9H2,1H3,(H,16,17). The summed E-state index contributed by atoms with van der Waals surface area (Å²) in [5, 5.41) is 22.6. The first-order valence-corrected chi connectivity index (χ1v) is 5.95. The number of nitro groups is 1. The highest BCUT2D eigenvalue weighted by Crippen LogP contribution is 2.18. The van der Waals surface area contributed by atoms with Crippen LogP contribution in [0.25, 0.3) is 0 Å². The second-order valence-corrected chi connectivity index (χ2v) is 4.28. The highest BCUT2D eigenvalue weighted by Gasteiger charge is 2.15. The van der Waals surface area contributed by atoms with Gasteiger partial charge in [-0.1, -0.05) is 29.8 Å². The second kappa shape index (κ2) is 5.80. The van der Waals surface area contributed by atoms with Gasteiger partial charge in [0.2, 0.25) is 5.69 Å². The Kier molecular flexibility index (Phi) is 3.91. The van der Waals surface area contributed by atoms with Crippen LogP contribution in [0.15, 0.2) is 36.4 Å². The summed E-state index contributed by atoms with van der Waals surface area (Å²) in [5.41, 5.74) is 1.75. The van der Waals surface area contributed by atoms with Crippen LogP contribution in [0.3, 0.4) is 0 Å². The predicted octanol–water partition coefficient (Wildman–Crippen LogP) is 2.78. The van der Waals surface area contributed by atoms with Crippen molar-refractivity contribution >= 4 is 11.5 Å². The molecule has 0 aliphatic heterocycles. The molecular formula is C14H12N4O2. The topological polar surface area (TPSA) is 91.9 Å². The zero-order valence-electron chi connectivity index (χ0n) is 10.8. The maximum Gasteiger partial charge on any atom is 0.305 e. The van der Waals surface area contributed by atoms with Crippen molar-refractivity contribution in [3.8, 4) is 6.07 Å². The second-order valence-electron chi connectivity index (χ2n) is 4.28. The molecule has 20 heavy (non-hydrogen) atoms. The molecule has 0 amide bonds. The van der Waals surface area contributed by atoms with Gasteiger partial charge in [-0.15, -0.1) is 0 Å². The van der Waals surface area contributed by atoms with Gasteiger partial charge in [-0.3, -0.25) is 10.1 Å². The summed E-state index contributed by atoms with van der Waals surface area (Å²) in [6, 6.07) is 12.5. The van der Waals surface area contributed by atoms with Gasteiger partial charge in [0.05, 0.1) is 4.92 Å². The van der Waals surface area contributed by atoms with Gasteiger partial charge in [0.1, 0.15) is 11.9 Å². The van der Waals surface area contributed by atoms with Gasteiger partial charge >= 0.3 is 5.69 Å². The molecule has 1 aromatic carbocycles. The SMILES string of the molecule is Cc1cccc(CNc2ccc([N+](=O)[O-])c(C#N)n2)c1. The van der Waals surface area contributed by atoms with E-state index >= 15 is 0 Å². The van der Waals surface area contributed by atoms with E-state index in [1.807, 2.05) is 31.2 Å². The van der Waals surface area contributed by atoms with Crippen LogP contribution in [-0.2, 0) is 6.54 Å². The fraction of sp³-hybridized carbons (Fsp3) is 0.143. The van der Waals surface area contributed by atoms with Crippen LogP contribution >= 0.6 is 0 Å². The molecule has 0 radical (unpaired) electrons. The minimum absolute atomic E-state index is 0.191. The Balaban J connectivity index is 2.15. The summed E-state index contributed by atoms with van der Waals surface area (Å²) >= 11 is 0. The minimum atomic E-state index is -0.615. The summed E-state index contributed by atoms with van der Waals surface area (Å²) in [7, 11) is 0. The van der Waals surface area contributed by atoms with Crippen LogP contribution in [0, 0.1) is 28.4 Å². The number of hydrogen-bond donors (Lipinski definition) is 1. The number of nitrogens with zero attached hydrogens (tertiary/aromatic N) is 3. The lowest BCUT2D eigenvalue weighted by molar-refractivity contribution is -0.385. The van der Waals surface area contributed by atoms with E-state index < -0.39 is 4.92 Å². The molecule has 100 valence electrons. The van der Waals surface area contributed by atoms with E-state index in [1.54, 1.807) is 6.07 Å². The monoisotopic (exact) mass is 268 g/mol. The lowest BCUT2D eigenvalue weighted by Gasteiger charge is -2.06. The van der Waals surface area contributed by atoms with Crippen molar-refractivity contribution in [2.75, 3.05) is 5.32 Å². The number of anilines is 1. The predicted molar refractivity (Wildman–Crippen MR) is 74.1 cm³/mol. The normalized spacial score (nSPS) is 9.80. The Morgan fingerprint density at radius 3 is 2.85 bits per heavy atom. The number of nitriles is 1. The average molecular weight is 268 g/mol. The molecule has 0 unspecified atom stereocenters. The Morgan fingerprint density at radius 2 is 2.20 bits per heavy atom. The van der Waals surface area contributed by atoms with E-state index in [4.69, 9.17) is 5.26 Å². The molecule has 0 atom stereocenters. The van der Waals surface area contributed by atoms with Crippen molar-refractivity contribution in [1.29, 1.82) is 5.26 Å². The number of benzene rings is 1. The van der Waals surface area contributed by atoms with Crippen molar-refractivity contribution in [2.45, 2.75) is 13.5 Å². The zero-order chi connectivity index (χ0) is 14.5. The number of pyridine rings is 1. The lowest BCUT2D eigenvalue weighted by Crippen LogP contribution is -2.04. The highest BCUT2D eigenvalue weighted by atomic mass is 16.6. The first-order valence-electron chi connectivity index (χ1n) is 5.95. The van der Waals surface area contributed by atoms with Crippen LogP contribution < -0.4 is 5.32 Å². The fourth-order valence-corrected chi connectivity index (χ4v) is 1.79. The number of hydrogen-bond acceptors (Lipinski definition) is 5. The van der Waals surface area contributed by atoms with E-state index in [0.29, 0.717) is 12.4 Å². The van der Waals surface area contributed by atoms with Crippen molar-refractivity contribution in [3.05, 3.63) is 63.3 Å². The molecule has 0 saturated heterocycles. The third-order valence-electron chi connectivity index (χ3n) is 2.73. The van der Waals surface area contributed by atoms with Crippen LogP contribution in [-0.4, -0.2) is 9.91 Å². The van der Waals surface area contributed by atoms with Crippen molar-refractivity contribution in [3.63, 3.8) is 0 Å². The first kappa shape index (κ1) is 13.5. The Labute approximate surface area is 115 Å². The van der Waals surface area contributed by atoms with E-state index in [0.717, 1.165) is 11.1 Å². The average Bonchev–Trinajstić information content (AvgIpc) is 2.44. The molecule has 2 rings (SSSR count). The highest BCUT2D eigenvalue weighted by molar-refractivity contribution is 5.50. The van der Waals surface area contributed by atoms with E-state index in [9.17, 15) is 10.1 Å². The molecule has 6 nitrogen and oxygen atoms in total. The quantitative estimate of drug-likeness (QED) is 0.680. The summed E-state index contributed by atoms with van der Waals surface area (Å²) in [4.78, 5) is 14.0. The van der Waals surface area contributed by atoms with Gasteiger partial charge < -0.3 is 5.32 Å². The number of aromatic nitrogens is 1. The minimum Gasteiger partial charge on any atom is -0.366 e. The third kappa shape index (κ3) is 3.09. The number of nitrogens with one attached hydrogen (secondary N) is 1. The molecule has 0 saturated carbocycles. The number of aryl methyl sites for hydroxylation is 1. The molecule has 0 fully saturated rings. The summed E-state index contributed by atoms with van der Waals surface area (Å²) in [5.74, 6) is 0.439. The molecule has 0 spiro atoms. The van der Waals surface area contributed by atoms with Crippen LogP contribution in [0.4, 0.5) is 11.5 Å². The molecule has 1 aromatic heterocycles. The molecule has 0 bridgehead atoms. The van der Waals surface area contributed by atoms with Gasteiger partial charge in [-0.2, -0.15) is 5.26 Å². The zero-order valence-corrected chi connectivity index (χ0v) is 10.8. The van der Waals surface area contributed by atoms with Gasteiger partial charge in [0, 0.05) is 12.6 Å². The van der Waals surface area contributed by atoms with Crippen molar-refractivity contribution < 1.29 is 4.92 Å². The molecule has 0 aliphatic carbocycles. The maximum atomic E-state index is 10.7. The third-order valence-corrected chi connectivity index (χ3v) is 2.73. The van der Waals surface area contributed by atoms with E-state index in [1.165, 1.54) is 12.1 Å². The van der Waals surface area contributed by atoms with Crippen LogP contribution in [0.5, 0.6) is 0 Å². The van der Waals surface area contributed by atoms with Crippen LogP contribution in [0.2, 0.25) is 0 Å². The Hall–Kier alpha value is -2.94. The van der Waals surface area contributed by atoms with Crippen molar-refractivity contribution in [2.24, 2.45) is 0 Å². The van der Waals surface area contributed by atoms with Gasteiger partial charge in [-0.25, -0.2) is 4.98 Å². The smallest absolute Gasteiger partial charge is 0.305 e. The van der Waals surface area contributed by atoms with Gasteiger partial charge in [0.15, 0.2) is 0 Å². The van der Waals surface area contributed by atoms with E-state index in [2.05, 4.69) is 10.3 Å². The summed E-state index contributed by atoms with van der Waals surface area (Å²) in [6.45, 7) is 2.54. The van der Waals surface area contributed by atoms with Crippen molar-refractivity contribution in [1.82, 2.24) is 4.98 Å². The maximum absolute atomic E-state index is 10.7.